The summed E-state index contributed by atoms with van der Waals surface area (Å²) in [6.45, 7) is 2.92. The van der Waals surface area contributed by atoms with E-state index in [9.17, 15) is 9.90 Å². The van der Waals surface area contributed by atoms with Crippen LogP contribution in [0.2, 0.25) is 0 Å². The van der Waals surface area contributed by atoms with Gasteiger partial charge in [0.05, 0.1) is 11.2 Å². The predicted molar refractivity (Wildman–Crippen MR) is 74.1 cm³/mol. The molecule has 1 unspecified atom stereocenters. The molecule has 1 aromatic rings. The highest BCUT2D eigenvalue weighted by Gasteiger charge is 2.18. The maximum absolute atomic E-state index is 10.7. The van der Waals surface area contributed by atoms with Crippen molar-refractivity contribution < 1.29 is 15.0 Å². The molecular formula is C13H19NO3S. The van der Waals surface area contributed by atoms with Gasteiger partial charge in [0.25, 0.3) is 0 Å². The van der Waals surface area contributed by atoms with Crippen LogP contribution in [0.25, 0.3) is 0 Å². The number of carboxylic acids is 1. The van der Waals surface area contributed by atoms with Gasteiger partial charge < -0.3 is 15.5 Å². The van der Waals surface area contributed by atoms with E-state index < -0.39 is 11.6 Å². The number of hydrogen-bond acceptors (Lipinski definition) is 4. The number of rotatable bonds is 7. The smallest absolute Gasteiger partial charge is 0.335 e. The second-order valence-electron chi connectivity index (χ2n) is 4.54. The Kier molecular flexibility index (Phi) is 5.65. The quantitative estimate of drug-likeness (QED) is 0.701. The largest absolute Gasteiger partial charge is 0.478 e. The Morgan fingerprint density at radius 3 is 2.50 bits per heavy atom. The summed E-state index contributed by atoms with van der Waals surface area (Å²) < 4.78 is 0. The first-order valence-corrected chi connectivity index (χ1v) is 7.08. The summed E-state index contributed by atoms with van der Waals surface area (Å²) in [5.41, 5.74) is 0.563. The number of aliphatic hydroxyl groups is 1. The molecule has 0 aromatic heterocycles. The zero-order chi connectivity index (χ0) is 13.6. The molecule has 0 bridgehead atoms. The lowest BCUT2D eigenvalue weighted by atomic mass is 10.1. The van der Waals surface area contributed by atoms with E-state index in [-0.39, 0.29) is 5.56 Å². The van der Waals surface area contributed by atoms with Gasteiger partial charge >= 0.3 is 5.97 Å². The molecule has 0 saturated heterocycles. The van der Waals surface area contributed by atoms with Gasteiger partial charge in [-0.25, -0.2) is 4.79 Å². The fourth-order valence-electron chi connectivity index (χ4n) is 1.60. The molecule has 5 heteroatoms. The molecule has 4 nitrogen and oxygen atoms in total. The van der Waals surface area contributed by atoms with Crippen molar-refractivity contribution in [2.75, 3.05) is 18.6 Å². The van der Waals surface area contributed by atoms with E-state index in [1.165, 1.54) is 0 Å². The number of benzene rings is 1. The van der Waals surface area contributed by atoms with Gasteiger partial charge in [0.1, 0.15) is 0 Å². The van der Waals surface area contributed by atoms with Crippen molar-refractivity contribution in [1.29, 1.82) is 0 Å². The Labute approximate surface area is 111 Å². The van der Waals surface area contributed by atoms with Gasteiger partial charge in [-0.1, -0.05) is 12.1 Å². The minimum Gasteiger partial charge on any atom is -0.478 e. The normalized spacial score (nSPS) is 14.2. The fraction of sp³-hybridized carbons (Fsp3) is 0.462. The van der Waals surface area contributed by atoms with Gasteiger partial charge in [0.2, 0.25) is 0 Å². The molecular weight excluding hydrogens is 250 g/mol. The summed E-state index contributed by atoms with van der Waals surface area (Å²) in [6.07, 6.45) is 1.96. The van der Waals surface area contributed by atoms with Crippen molar-refractivity contribution in [3.63, 3.8) is 0 Å². The summed E-state index contributed by atoms with van der Waals surface area (Å²) >= 11 is 1.60. The molecule has 0 aliphatic carbocycles. The summed E-state index contributed by atoms with van der Waals surface area (Å²) in [5, 5.41) is 21.9. The van der Waals surface area contributed by atoms with Crippen molar-refractivity contribution in [2.24, 2.45) is 0 Å². The second-order valence-corrected chi connectivity index (χ2v) is 5.40. The zero-order valence-electron chi connectivity index (χ0n) is 10.6. The van der Waals surface area contributed by atoms with E-state index in [4.69, 9.17) is 5.11 Å². The van der Waals surface area contributed by atoms with Crippen LogP contribution >= 0.6 is 11.8 Å². The Morgan fingerprint density at radius 2 is 2.00 bits per heavy atom. The lowest BCUT2D eigenvalue weighted by Gasteiger charge is -2.22. The van der Waals surface area contributed by atoms with Gasteiger partial charge in [-0.2, -0.15) is 11.8 Å². The van der Waals surface area contributed by atoms with E-state index >= 15 is 0 Å². The van der Waals surface area contributed by atoms with Gasteiger partial charge in [-0.3, -0.25) is 0 Å². The minimum atomic E-state index is -0.919. The molecule has 18 heavy (non-hydrogen) atoms. The topological polar surface area (TPSA) is 69.6 Å². The van der Waals surface area contributed by atoms with Gasteiger partial charge in [0, 0.05) is 18.8 Å². The average Bonchev–Trinajstić information content (AvgIpc) is 2.29. The lowest BCUT2D eigenvalue weighted by molar-refractivity contribution is 0.0696. The summed E-state index contributed by atoms with van der Waals surface area (Å²) in [7, 11) is 0. The van der Waals surface area contributed by atoms with E-state index in [0.717, 1.165) is 5.56 Å². The highest BCUT2D eigenvalue weighted by molar-refractivity contribution is 7.98. The van der Waals surface area contributed by atoms with Crippen LogP contribution < -0.4 is 5.32 Å². The molecule has 0 amide bonds. The second kappa shape index (κ2) is 6.78. The van der Waals surface area contributed by atoms with Crippen LogP contribution in [0, 0.1) is 0 Å². The summed E-state index contributed by atoms with van der Waals surface area (Å²) in [6, 6.07) is 6.72. The molecule has 0 heterocycles. The van der Waals surface area contributed by atoms with Crippen LogP contribution in [0.15, 0.2) is 24.3 Å². The molecule has 1 rings (SSSR count). The van der Waals surface area contributed by atoms with E-state index in [2.05, 4.69) is 5.32 Å². The maximum atomic E-state index is 10.7. The molecule has 0 radical (unpaired) electrons. The third-order valence-corrected chi connectivity index (χ3v) is 3.40. The zero-order valence-corrected chi connectivity index (χ0v) is 11.5. The van der Waals surface area contributed by atoms with Crippen molar-refractivity contribution in [1.82, 2.24) is 5.32 Å². The van der Waals surface area contributed by atoms with E-state index in [1.807, 2.05) is 6.26 Å². The number of carboxylic acid groups (broad SMARTS) is 1. The van der Waals surface area contributed by atoms with Gasteiger partial charge in [-0.05, 0) is 30.9 Å². The number of thioether (sulfide) groups is 1. The van der Waals surface area contributed by atoms with Crippen LogP contribution in [0.1, 0.15) is 22.8 Å². The van der Waals surface area contributed by atoms with Crippen molar-refractivity contribution in [3.05, 3.63) is 35.4 Å². The Morgan fingerprint density at radius 1 is 1.39 bits per heavy atom. The molecule has 3 N–H and O–H groups in total. The third-order valence-electron chi connectivity index (χ3n) is 2.49. The van der Waals surface area contributed by atoms with Crippen LogP contribution in [0.3, 0.4) is 0 Å². The van der Waals surface area contributed by atoms with Crippen molar-refractivity contribution in [2.45, 2.75) is 19.1 Å². The van der Waals surface area contributed by atoms with E-state index in [1.54, 1.807) is 43.0 Å². The first kappa shape index (κ1) is 15.0. The van der Waals surface area contributed by atoms with Crippen LogP contribution in [0.5, 0.6) is 0 Å². The molecule has 0 aliphatic rings. The van der Waals surface area contributed by atoms with Crippen molar-refractivity contribution in [3.8, 4) is 0 Å². The number of carbonyl (C=O) groups is 1. The summed E-state index contributed by atoms with van der Waals surface area (Å²) in [4.78, 5) is 10.7. The van der Waals surface area contributed by atoms with Crippen LogP contribution in [-0.4, -0.2) is 40.3 Å². The summed E-state index contributed by atoms with van der Waals surface area (Å²) in [5.74, 6) is -0.241. The molecule has 1 aromatic carbocycles. The van der Waals surface area contributed by atoms with Crippen LogP contribution in [0.4, 0.5) is 0 Å². The fourth-order valence-corrected chi connectivity index (χ4v) is 2.33. The maximum Gasteiger partial charge on any atom is 0.335 e. The monoisotopic (exact) mass is 269 g/mol. The molecule has 100 valence electrons. The highest BCUT2D eigenvalue weighted by Crippen LogP contribution is 2.10. The third kappa shape index (κ3) is 5.08. The number of hydrogen-bond donors (Lipinski definition) is 3. The predicted octanol–water partition coefficient (Wildman–Crippen LogP) is 1.59. The standard InChI is InChI=1S/C13H19NO3S/c1-13(17,9-18-2)8-14-7-10-3-5-11(6-4-10)12(15)16/h3-6,14,17H,7-9H2,1-2H3,(H,15,16). The average molecular weight is 269 g/mol. The number of aromatic carboxylic acids is 1. The van der Waals surface area contributed by atoms with Crippen LogP contribution in [-0.2, 0) is 6.54 Å². The van der Waals surface area contributed by atoms with Gasteiger partial charge in [0.15, 0.2) is 0 Å². The molecule has 1 atom stereocenters. The number of nitrogens with one attached hydrogen (secondary N) is 1. The molecule has 0 fully saturated rings. The lowest BCUT2D eigenvalue weighted by Crippen LogP contribution is -2.39. The first-order chi connectivity index (χ1) is 8.44. The first-order valence-electron chi connectivity index (χ1n) is 5.69. The van der Waals surface area contributed by atoms with Gasteiger partial charge in [-0.15, -0.1) is 0 Å². The van der Waals surface area contributed by atoms with E-state index in [0.29, 0.717) is 18.8 Å². The molecule has 0 spiro atoms. The van der Waals surface area contributed by atoms with Crippen molar-refractivity contribution >= 4 is 17.7 Å². The molecule has 0 saturated carbocycles. The Hall–Kier alpha value is -1.04. The highest BCUT2D eigenvalue weighted by atomic mass is 32.2. The minimum absolute atomic E-state index is 0.285. The Bertz CT molecular complexity index is 390. The molecule has 0 aliphatic heterocycles. The SMILES string of the molecule is CSCC(C)(O)CNCc1ccc(C(=O)O)cc1. The Balaban J connectivity index is 2.42.